The van der Waals surface area contributed by atoms with Crippen molar-refractivity contribution in [1.82, 2.24) is 0 Å². The molecule has 1 rings (SSSR count). The lowest BCUT2D eigenvalue weighted by atomic mass is 9.84. The van der Waals surface area contributed by atoms with Crippen molar-refractivity contribution >= 4 is 17.3 Å². The normalized spacial score (nSPS) is 14.7. The second-order valence-electron chi connectivity index (χ2n) is 4.47. The topological polar surface area (TPSA) is 63.4 Å². The van der Waals surface area contributed by atoms with E-state index in [4.69, 9.17) is 11.6 Å². The molecule has 0 fully saturated rings. The monoisotopic (exact) mass is 257 g/mol. The molecule has 5 heteroatoms. The minimum atomic E-state index is -0.547. The molecule has 1 N–H and O–H groups in total. The van der Waals surface area contributed by atoms with Crippen LogP contribution in [0.15, 0.2) is 18.2 Å². The minimum absolute atomic E-state index is 0.0353. The zero-order valence-corrected chi connectivity index (χ0v) is 10.8. The van der Waals surface area contributed by atoms with Crippen molar-refractivity contribution in [2.24, 2.45) is 5.92 Å². The number of nitro benzene ring substituents is 1. The van der Waals surface area contributed by atoms with Crippen molar-refractivity contribution in [3.8, 4) is 0 Å². The SMILES string of the molecule is CC(C)C(c1ccc([N+](=O)[O-])cc1Cl)C(C)O. The summed E-state index contributed by atoms with van der Waals surface area (Å²) < 4.78 is 0. The Kier molecular flexibility index (Phi) is 4.48. The summed E-state index contributed by atoms with van der Waals surface area (Å²) >= 11 is 6.04. The Balaban J connectivity index is 3.18. The molecule has 0 amide bonds. The van der Waals surface area contributed by atoms with Gasteiger partial charge in [0, 0.05) is 18.1 Å². The molecule has 4 nitrogen and oxygen atoms in total. The highest BCUT2D eigenvalue weighted by molar-refractivity contribution is 6.31. The quantitative estimate of drug-likeness (QED) is 0.664. The van der Waals surface area contributed by atoms with Crippen molar-refractivity contribution in [3.63, 3.8) is 0 Å². The molecule has 2 unspecified atom stereocenters. The Hall–Kier alpha value is -1.13. The lowest BCUT2D eigenvalue weighted by Gasteiger charge is -2.25. The summed E-state index contributed by atoms with van der Waals surface area (Å²) in [5, 5.41) is 20.7. The first-order valence-electron chi connectivity index (χ1n) is 5.46. The van der Waals surface area contributed by atoms with Gasteiger partial charge in [0.05, 0.1) is 16.0 Å². The van der Waals surface area contributed by atoms with Gasteiger partial charge in [-0.25, -0.2) is 0 Å². The lowest BCUT2D eigenvalue weighted by Crippen LogP contribution is -2.20. The van der Waals surface area contributed by atoms with Gasteiger partial charge < -0.3 is 5.11 Å². The van der Waals surface area contributed by atoms with Crippen LogP contribution < -0.4 is 0 Å². The molecule has 0 bridgehead atoms. The fourth-order valence-electron chi connectivity index (χ4n) is 2.08. The summed E-state index contributed by atoms with van der Waals surface area (Å²) in [6.07, 6.45) is -0.547. The van der Waals surface area contributed by atoms with E-state index in [1.807, 2.05) is 13.8 Å². The van der Waals surface area contributed by atoms with Gasteiger partial charge in [-0.1, -0.05) is 31.5 Å². The maximum Gasteiger partial charge on any atom is 0.270 e. The van der Waals surface area contributed by atoms with Crippen LogP contribution in [0.3, 0.4) is 0 Å². The van der Waals surface area contributed by atoms with Gasteiger partial charge in [0.15, 0.2) is 0 Å². The number of aliphatic hydroxyl groups is 1. The number of hydrogen-bond donors (Lipinski definition) is 1. The molecular formula is C12H16ClNO3. The van der Waals surface area contributed by atoms with Gasteiger partial charge in [-0.15, -0.1) is 0 Å². The third-order valence-electron chi connectivity index (χ3n) is 2.79. The minimum Gasteiger partial charge on any atom is -0.393 e. The first kappa shape index (κ1) is 13.9. The molecule has 94 valence electrons. The molecule has 1 aromatic carbocycles. The highest BCUT2D eigenvalue weighted by atomic mass is 35.5. The van der Waals surface area contributed by atoms with Crippen molar-refractivity contribution in [2.45, 2.75) is 32.8 Å². The van der Waals surface area contributed by atoms with Crippen LogP contribution in [-0.4, -0.2) is 16.1 Å². The summed E-state index contributed by atoms with van der Waals surface area (Å²) in [6.45, 7) is 5.66. The highest BCUT2D eigenvalue weighted by Crippen LogP contribution is 2.34. The van der Waals surface area contributed by atoms with Crippen LogP contribution in [-0.2, 0) is 0 Å². The van der Waals surface area contributed by atoms with Crippen LogP contribution in [0.5, 0.6) is 0 Å². The van der Waals surface area contributed by atoms with Crippen LogP contribution in [0.25, 0.3) is 0 Å². The molecule has 0 aliphatic carbocycles. The number of non-ortho nitro benzene ring substituents is 1. The molecule has 0 radical (unpaired) electrons. The van der Waals surface area contributed by atoms with E-state index in [0.29, 0.717) is 5.02 Å². The van der Waals surface area contributed by atoms with Gasteiger partial charge in [0.2, 0.25) is 0 Å². The van der Waals surface area contributed by atoms with E-state index in [2.05, 4.69) is 0 Å². The lowest BCUT2D eigenvalue weighted by molar-refractivity contribution is -0.384. The standard InChI is InChI=1S/C12H16ClNO3/c1-7(2)12(8(3)15)10-5-4-9(14(16)17)6-11(10)13/h4-8,12,15H,1-3H3. The Morgan fingerprint density at radius 2 is 1.94 bits per heavy atom. The van der Waals surface area contributed by atoms with Crippen LogP contribution in [0.1, 0.15) is 32.3 Å². The smallest absolute Gasteiger partial charge is 0.270 e. The fourth-order valence-corrected chi connectivity index (χ4v) is 2.38. The molecular weight excluding hydrogens is 242 g/mol. The fraction of sp³-hybridized carbons (Fsp3) is 0.500. The van der Waals surface area contributed by atoms with Crippen molar-refractivity contribution in [3.05, 3.63) is 38.9 Å². The van der Waals surface area contributed by atoms with Gasteiger partial charge in [-0.2, -0.15) is 0 Å². The second-order valence-corrected chi connectivity index (χ2v) is 4.88. The van der Waals surface area contributed by atoms with Crippen molar-refractivity contribution < 1.29 is 10.0 Å². The molecule has 2 atom stereocenters. The van der Waals surface area contributed by atoms with E-state index < -0.39 is 11.0 Å². The van der Waals surface area contributed by atoms with Gasteiger partial charge in [-0.05, 0) is 18.4 Å². The average Bonchev–Trinajstić information content (AvgIpc) is 2.19. The summed E-state index contributed by atoms with van der Waals surface area (Å²) in [4.78, 5) is 10.1. The maximum absolute atomic E-state index is 10.6. The maximum atomic E-state index is 10.6. The molecule has 0 aliphatic heterocycles. The van der Waals surface area contributed by atoms with E-state index in [9.17, 15) is 15.2 Å². The van der Waals surface area contributed by atoms with Gasteiger partial charge >= 0.3 is 0 Å². The van der Waals surface area contributed by atoms with Crippen LogP contribution in [0.4, 0.5) is 5.69 Å². The van der Waals surface area contributed by atoms with E-state index in [1.165, 1.54) is 12.1 Å². The van der Waals surface area contributed by atoms with Crippen LogP contribution in [0.2, 0.25) is 5.02 Å². The van der Waals surface area contributed by atoms with Gasteiger partial charge in [0.1, 0.15) is 0 Å². The van der Waals surface area contributed by atoms with Crippen molar-refractivity contribution in [2.75, 3.05) is 0 Å². The third-order valence-corrected chi connectivity index (χ3v) is 3.12. The molecule has 0 spiro atoms. The first-order chi connectivity index (χ1) is 7.84. The van der Waals surface area contributed by atoms with Crippen molar-refractivity contribution in [1.29, 1.82) is 0 Å². The summed E-state index contributed by atoms with van der Waals surface area (Å²) in [6, 6.07) is 4.37. The molecule has 1 aromatic rings. The zero-order chi connectivity index (χ0) is 13.2. The van der Waals surface area contributed by atoms with E-state index >= 15 is 0 Å². The molecule has 0 saturated carbocycles. The Morgan fingerprint density at radius 3 is 2.29 bits per heavy atom. The summed E-state index contributed by atoms with van der Waals surface area (Å²) in [5.74, 6) is 0.0808. The Labute approximate surface area is 105 Å². The van der Waals surface area contributed by atoms with Gasteiger partial charge in [-0.3, -0.25) is 10.1 Å². The second kappa shape index (κ2) is 5.47. The molecule has 0 saturated heterocycles. The molecule has 0 aromatic heterocycles. The molecule has 0 heterocycles. The number of nitrogens with zero attached hydrogens (tertiary/aromatic N) is 1. The number of hydrogen-bond acceptors (Lipinski definition) is 3. The number of aliphatic hydroxyl groups excluding tert-OH is 1. The van der Waals surface area contributed by atoms with Crippen LogP contribution >= 0.6 is 11.6 Å². The first-order valence-corrected chi connectivity index (χ1v) is 5.84. The number of benzene rings is 1. The molecule has 0 aliphatic rings. The highest BCUT2D eigenvalue weighted by Gasteiger charge is 2.24. The van der Waals surface area contributed by atoms with Crippen LogP contribution in [0, 0.1) is 16.0 Å². The summed E-state index contributed by atoms with van der Waals surface area (Å²) in [7, 11) is 0. The van der Waals surface area contributed by atoms with E-state index in [-0.39, 0.29) is 17.5 Å². The number of nitro groups is 1. The predicted molar refractivity (Wildman–Crippen MR) is 67.4 cm³/mol. The third kappa shape index (κ3) is 3.17. The predicted octanol–water partition coefficient (Wildman–Crippen LogP) is 3.37. The van der Waals surface area contributed by atoms with E-state index in [0.717, 1.165) is 5.56 Å². The molecule has 17 heavy (non-hydrogen) atoms. The zero-order valence-electron chi connectivity index (χ0n) is 10.1. The number of halogens is 1. The Morgan fingerprint density at radius 1 is 1.35 bits per heavy atom. The summed E-state index contributed by atoms with van der Waals surface area (Å²) in [5.41, 5.74) is 0.717. The average molecular weight is 258 g/mol. The Bertz CT molecular complexity index is 410. The number of rotatable bonds is 4. The van der Waals surface area contributed by atoms with Gasteiger partial charge in [0.25, 0.3) is 5.69 Å². The largest absolute Gasteiger partial charge is 0.393 e. The van der Waals surface area contributed by atoms with E-state index in [1.54, 1.807) is 13.0 Å².